The van der Waals surface area contributed by atoms with Gasteiger partial charge in [-0.25, -0.2) is 0 Å². The van der Waals surface area contributed by atoms with E-state index in [2.05, 4.69) is 22.5 Å². The third-order valence-electron chi connectivity index (χ3n) is 1.47. The van der Waals surface area contributed by atoms with Crippen molar-refractivity contribution < 1.29 is 0 Å². The SMILES string of the molecule is C=C(C)C1=C(NC)NC=CN1. The normalized spacial score (nSPS) is 15.5. The minimum absolute atomic E-state index is 0.958. The van der Waals surface area contributed by atoms with Crippen LogP contribution in [0, 0.1) is 0 Å². The van der Waals surface area contributed by atoms with E-state index in [1.165, 1.54) is 0 Å². The molecule has 0 atom stereocenters. The van der Waals surface area contributed by atoms with Crippen molar-refractivity contribution in [3.63, 3.8) is 0 Å². The molecule has 11 heavy (non-hydrogen) atoms. The van der Waals surface area contributed by atoms with Crippen LogP contribution in [0.15, 0.2) is 36.1 Å². The van der Waals surface area contributed by atoms with Crippen LogP contribution in [0.3, 0.4) is 0 Å². The van der Waals surface area contributed by atoms with Crippen molar-refractivity contribution in [2.45, 2.75) is 6.92 Å². The van der Waals surface area contributed by atoms with Crippen LogP contribution >= 0.6 is 0 Å². The van der Waals surface area contributed by atoms with E-state index >= 15 is 0 Å². The molecule has 1 aliphatic rings. The molecule has 1 heterocycles. The van der Waals surface area contributed by atoms with Crippen LogP contribution in [-0.2, 0) is 0 Å². The van der Waals surface area contributed by atoms with Crippen molar-refractivity contribution in [3.05, 3.63) is 36.1 Å². The van der Waals surface area contributed by atoms with E-state index in [4.69, 9.17) is 0 Å². The first-order valence-electron chi connectivity index (χ1n) is 3.51. The fourth-order valence-corrected chi connectivity index (χ4v) is 0.928. The van der Waals surface area contributed by atoms with Gasteiger partial charge in [-0.3, -0.25) is 0 Å². The Balaban J connectivity index is 2.84. The van der Waals surface area contributed by atoms with Crippen molar-refractivity contribution in [1.82, 2.24) is 16.0 Å². The van der Waals surface area contributed by atoms with Gasteiger partial charge in [-0.2, -0.15) is 0 Å². The molecule has 0 aromatic heterocycles. The second-order valence-electron chi connectivity index (χ2n) is 2.40. The molecule has 1 rings (SSSR count). The molecule has 0 radical (unpaired) electrons. The molecular formula is C8H13N3. The number of allylic oxidation sites excluding steroid dienone is 1. The van der Waals surface area contributed by atoms with Gasteiger partial charge in [-0.1, -0.05) is 6.58 Å². The molecule has 0 aromatic carbocycles. The van der Waals surface area contributed by atoms with Gasteiger partial charge in [0.1, 0.15) is 5.82 Å². The van der Waals surface area contributed by atoms with E-state index in [0.717, 1.165) is 17.1 Å². The summed E-state index contributed by atoms with van der Waals surface area (Å²) in [6.45, 7) is 5.80. The molecule has 3 nitrogen and oxygen atoms in total. The van der Waals surface area contributed by atoms with Crippen molar-refractivity contribution in [1.29, 1.82) is 0 Å². The van der Waals surface area contributed by atoms with Crippen LogP contribution in [0.25, 0.3) is 0 Å². The maximum absolute atomic E-state index is 3.84. The third-order valence-corrected chi connectivity index (χ3v) is 1.47. The summed E-state index contributed by atoms with van der Waals surface area (Å²) in [5.41, 5.74) is 2.02. The molecule has 0 aliphatic carbocycles. The monoisotopic (exact) mass is 151 g/mol. The highest BCUT2D eigenvalue weighted by Crippen LogP contribution is 2.07. The van der Waals surface area contributed by atoms with Gasteiger partial charge in [0, 0.05) is 19.4 Å². The van der Waals surface area contributed by atoms with Gasteiger partial charge >= 0.3 is 0 Å². The third kappa shape index (κ3) is 1.55. The van der Waals surface area contributed by atoms with Crippen LogP contribution in [0.1, 0.15) is 6.92 Å². The Hall–Kier alpha value is -1.38. The van der Waals surface area contributed by atoms with Gasteiger partial charge in [-0.15, -0.1) is 0 Å². The molecule has 1 aliphatic heterocycles. The largest absolute Gasteiger partial charge is 0.373 e. The lowest BCUT2D eigenvalue weighted by atomic mass is 10.2. The van der Waals surface area contributed by atoms with Gasteiger partial charge in [0.25, 0.3) is 0 Å². The summed E-state index contributed by atoms with van der Waals surface area (Å²) in [7, 11) is 1.87. The fraction of sp³-hybridized carbons (Fsp3) is 0.250. The minimum atomic E-state index is 0.958. The molecule has 3 N–H and O–H groups in total. The summed E-state index contributed by atoms with van der Waals surface area (Å²) in [5.74, 6) is 0.958. The Bertz CT molecular complexity index is 225. The predicted molar refractivity (Wildman–Crippen MR) is 46.3 cm³/mol. The van der Waals surface area contributed by atoms with Crippen molar-refractivity contribution in [2.75, 3.05) is 7.05 Å². The molecule has 3 heteroatoms. The van der Waals surface area contributed by atoms with E-state index in [1.54, 1.807) is 0 Å². The Morgan fingerprint density at radius 1 is 1.45 bits per heavy atom. The first kappa shape index (κ1) is 7.72. The highest BCUT2D eigenvalue weighted by molar-refractivity contribution is 5.32. The standard InChI is InChI=1S/C8H13N3/c1-6(2)7-8(9-3)11-5-4-10-7/h4-5,9-11H,1H2,2-3H3. The summed E-state index contributed by atoms with van der Waals surface area (Å²) in [4.78, 5) is 0. The lowest BCUT2D eigenvalue weighted by molar-refractivity contribution is 0.791. The van der Waals surface area contributed by atoms with Crippen LogP contribution in [-0.4, -0.2) is 7.05 Å². The van der Waals surface area contributed by atoms with E-state index in [9.17, 15) is 0 Å². The van der Waals surface area contributed by atoms with Crippen LogP contribution in [0.4, 0.5) is 0 Å². The van der Waals surface area contributed by atoms with Gasteiger partial charge in [0.2, 0.25) is 0 Å². The van der Waals surface area contributed by atoms with E-state index in [1.807, 2.05) is 26.4 Å². The molecule has 0 amide bonds. The highest BCUT2D eigenvalue weighted by atomic mass is 15.1. The first-order valence-corrected chi connectivity index (χ1v) is 3.51. The van der Waals surface area contributed by atoms with E-state index < -0.39 is 0 Å². The smallest absolute Gasteiger partial charge is 0.127 e. The molecule has 60 valence electrons. The highest BCUT2D eigenvalue weighted by Gasteiger charge is 2.05. The Kier molecular flexibility index (Phi) is 2.21. The predicted octanol–water partition coefficient (Wildman–Crippen LogP) is 0.615. The average Bonchev–Trinajstić information content (AvgIpc) is 2.04. The summed E-state index contributed by atoms with van der Waals surface area (Å²) in [6.07, 6.45) is 3.67. The van der Waals surface area contributed by atoms with Crippen LogP contribution in [0.2, 0.25) is 0 Å². The van der Waals surface area contributed by atoms with E-state index in [0.29, 0.717) is 0 Å². The molecular weight excluding hydrogens is 138 g/mol. The molecule has 0 saturated carbocycles. The molecule has 0 bridgehead atoms. The summed E-state index contributed by atoms with van der Waals surface area (Å²) in [5, 5.41) is 9.19. The van der Waals surface area contributed by atoms with Gasteiger partial charge in [-0.05, 0) is 12.5 Å². The van der Waals surface area contributed by atoms with Crippen molar-refractivity contribution in [2.24, 2.45) is 0 Å². The molecule has 0 spiro atoms. The number of rotatable bonds is 2. The Labute approximate surface area is 66.9 Å². The molecule has 0 fully saturated rings. The quantitative estimate of drug-likeness (QED) is 0.541. The lowest BCUT2D eigenvalue weighted by Gasteiger charge is -2.18. The first-order chi connectivity index (χ1) is 5.25. The molecule has 0 unspecified atom stereocenters. The zero-order valence-corrected chi connectivity index (χ0v) is 6.86. The van der Waals surface area contributed by atoms with Crippen molar-refractivity contribution in [3.8, 4) is 0 Å². The van der Waals surface area contributed by atoms with Gasteiger partial charge in [0.15, 0.2) is 0 Å². The second kappa shape index (κ2) is 3.14. The summed E-state index contributed by atoms with van der Waals surface area (Å²) in [6, 6.07) is 0. The topological polar surface area (TPSA) is 36.1 Å². The van der Waals surface area contributed by atoms with E-state index in [-0.39, 0.29) is 0 Å². The fourth-order valence-electron chi connectivity index (χ4n) is 0.928. The maximum Gasteiger partial charge on any atom is 0.127 e. The Morgan fingerprint density at radius 3 is 2.55 bits per heavy atom. The van der Waals surface area contributed by atoms with Gasteiger partial charge in [0.05, 0.1) is 5.70 Å². The van der Waals surface area contributed by atoms with Crippen molar-refractivity contribution >= 4 is 0 Å². The maximum atomic E-state index is 3.84. The number of nitrogens with one attached hydrogen (secondary N) is 3. The second-order valence-corrected chi connectivity index (χ2v) is 2.40. The number of hydrogen-bond acceptors (Lipinski definition) is 3. The van der Waals surface area contributed by atoms with Crippen LogP contribution in [0.5, 0.6) is 0 Å². The summed E-state index contributed by atoms with van der Waals surface area (Å²) < 4.78 is 0. The lowest BCUT2D eigenvalue weighted by Crippen LogP contribution is -2.29. The minimum Gasteiger partial charge on any atom is -0.373 e. The van der Waals surface area contributed by atoms with Crippen LogP contribution < -0.4 is 16.0 Å². The zero-order chi connectivity index (χ0) is 8.27. The number of hydrogen-bond donors (Lipinski definition) is 3. The Morgan fingerprint density at radius 2 is 2.09 bits per heavy atom. The molecule has 0 saturated heterocycles. The summed E-state index contributed by atoms with van der Waals surface area (Å²) >= 11 is 0. The average molecular weight is 151 g/mol. The zero-order valence-electron chi connectivity index (χ0n) is 6.86. The molecule has 0 aromatic rings. The van der Waals surface area contributed by atoms with Gasteiger partial charge < -0.3 is 16.0 Å².